The lowest BCUT2D eigenvalue weighted by molar-refractivity contribution is 0.0687. The number of carboxylic acids is 1. The van der Waals surface area contributed by atoms with E-state index in [1.807, 2.05) is 0 Å². The number of aryl methyl sites for hydroxylation is 1. The number of phenols is 1. The number of halogens is 2. The molecule has 0 aliphatic heterocycles. The van der Waals surface area contributed by atoms with E-state index in [4.69, 9.17) is 5.11 Å². The average Bonchev–Trinajstić information content (AvgIpc) is 3.29. The van der Waals surface area contributed by atoms with Gasteiger partial charge in [0.1, 0.15) is 21.3 Å². The number of hydrogen-bond acceptors (Lipinski definition) is 8. The molecule has 0 radical (unpaired) electrons. The quantitative estimate of drug-likeness (QED) is 0.551. The molecule has 2 aromatic heterocycles. The molecule has 3 aromatic rings. The molecule has 2 heterocycles. The largest absolute Gasteiger partial charge is 0.507 e. The number of carbonyl (C=O) groups is 2. The van der Waals surface area contributed by atoms with E-state index in [1.54, 1.807) is 12.3 Å². The highest BCUT2D eigenvalue weighted by Crippen LogP contribution is 2.37. The van der Waals surface area contributed by atoms with Gasteiger partial charge in [-0.25, -0.2) is 28.3 Å². The van der Waals surface area contributed by atoms with E-state index in [9.17, 15) is 23.5 Å². The van der Waals surface area contributed by atoms with E-state index in [-0.39, 0.29) is 17.1 Å². The highest BCUT2D eigenvalue weighted by atomic mass is 32.1. The molecule has 0 atom stereocenters. The minimum atomic E-state index is -1.78. The van der Waals surface area contributed by atoms with Crippen LogP contribution in [0.1, 0.15) is 21.1 Å². The van der Waals surface area contributed by atoms with Crippen LogP contribution in [0.25, 0.3) is 21.1 Å². The number of alkyl carbamates (subject to hydrolysis) is 1. The van der Waals surface area contributed by atoms with Gasteiger partial charge in [-0.15, -0.1) is 22.7 Å². The maximum absolute atomic E-state index is 14.3. The number of aromatic carboxylic acids is 1. The van der Waals surface area contributed by atoms with Gasteiger partial charge in [-0.2, -0.15) is 0 Å². The molecule has 0 aliphatic carbocycles. The molecular formula is C17H13F2N3O5S2. The van der Waals surface area contributed by atoms with Gasteiger partial charge in [-0.05, 0) is 13.0 Å². The first kappa shape index (κ1) is 20.6. The van der Waals surface area contributed by atoms with Crippen molar-refractivity contribution in [3.05, 3.63) is 39.3 Å². The minimum absolute atomic E-state index is 0.0608. The zero-order valence-electron chi connectivity index (χ0n) is 14.9. The van der Waals surface area contributed by atoms with Crippen molar-refractivity contribution < 1.29 is 33.3 Å². The Kier molecular flexibility index (Phi) is 5.75. The monoisotopic (exact) mass is 441 g/mol. The Labute approximate surface area is 170 Å². The summed E-state index contributed by atoms with van der Waals surface area (Å²) in [5.74, 6) is -5.74. The maximum Gasteiger partial charge on any atom is 0.407 e. The summed E-state index contributed by atoms with van der Waals surface area (Å²) in [5, 5.41) is 23.4. The Morgan fingerprint density at radius 1 is 1.28 bits per heavy atom. The van der Waals surface area contributed by atoms with E-state index >= 15 is 0 Å². The Morgan fingerprint density at radius 3 is 2.66 bits per heavy atom. The van der Waals surface area contributed by atoms with Crippen molar-refractivity contribution in [2.45, 2.75) is 13.5 Å². The molecule has 0 unspecified atom stereocenters. The number of thiazole rings is 2. The maximum atomic E-state index is 14.3. The number of aromatic hydroxyl groups is 1. The average molecular weight is 441 g/mol. The Bertz CT molecular complexity index is 1110. The molecule has 0 fully saturated rings. The molecule has 0 bridgehead atoms. The van der Waals surface area contributed by atoms with Gasteiger partial charge >= 0.3 is 12.1 Å². The summed E-state index contributed by atoms with van der Waals surface area (Å²) in [6.45, 7) is 1.89. The normalized spacial score (nSPS) is 10.8. The van der Waals surface area contributed by atoms with Crippen LogP contribution in [0.15, 0.2) is 11.4 Å². The molecule has 8 nitrogen and oxygen atoms in total. The van der Waals surface area contributed by atoms with Crippen LogP contribution in [0, 0.1) is 18.6 Å². The van der Waals surface area contributed by atoms with Crippen molar-refractivity contribution in [1.29, 1.82) is 0 Å². The summed E-state index contributed by atoms with van der Waals surface area (Å²) in [6, 6.07) is 0.829. The van der Waals surface area contributed by atoms with E-state index in [1.165, 1.54) is 18.4 Å². The fourth-order valence-electron chi connectivity index (χ4n) is 2.46. The van der Waals surface area contributed by atoms with Crippen LogP contribution >= 0.6 is 22.7 Å². The van der Waals surface area contributed by atoms with Crippen molar-refractivity contribution >= 4 is 34.7 Å². The summed E-state index contributed by atoms with van der Waals surface area (Å²) in [6.07, 6.45) is -0.600. The van der Waals surface area contributed by atoms with Gasteiger partial charge in [0.05, 0.1) is 35.5 Å². The third kappa shape index (κ3) is 4.03. The van der Waals surface area contributed by atoms with Gasteiger partial charge in [0, 0.05) is 5.38 Å². The topological polar surface area (TPSA) is 122 Å². The lowest BCUT2D eigenvalue weighted by Gasteiger charge is -2.06. The van der Waals surface area contributed by atoms with Crippen LogP contribution < -0.4 is 5.32 Å². The molecule has 3 rings (SSSR count). The first-order valence-corrected chi connectivity index (χ1v) is 9.61. The lowest BCUT2D eigenvalue weighted by atomic mass is 10.1. The zero-order valence-corrected chi connectivity index (χ0v) is 16.6. The highest BCUT2D eigenvalue weighted by Gasteiger charge is 2.25. The fourth-order valence-corrected chi connectivity index (χ4v) is 4.32. The van der Waals surface area contributed by atoms with E-state index in [0.717, 1.165) is 17.4 Å². The minimum Gasteiger partial charge on any atom is -0.507 e. The van der Waals surface area contributed by atoms with Gasteiger partial charge in [-0.3, -0.25) is 0 Å². The molecule has 0 saturated heterocycles. The number of rotatable bonds is 5. The number of aromatic nitrogens is 2. The molecule has 0 spiro atoms. The SMILES string of the molecule is COC(=O)NCc1nc(C)c(-c2csc(-c3cc(O)c(C(=O)O)c(F)c3F)n2)s1. The van der Waals surface area contributed by atoms with E-state index < -0.39 is 35.0 Å². The van der Waals surface area contributed by atoms with Crippen molar-refractivity contribution in [2.75, 3.05) is 7.11 Å². The summed E-state index contributed by atoms with van der Waals surface area (Å²) in [7, 11) is 1.24. The van der Waals surface area contributed by atoms with Gasteiger partial charge < -0.3 is 20.3 Å². The van der Waals surface area contributed by atoms with Crippen LogP contribution in [0.2, 0.25) is 0 Å². The third-order valence-electron chi connectivity index (χ3n) is 3.78. The second-order valence-electron chi connectivity index (χ2n) is 5.66. The Morgan fingerprint density at radius 2 is 2.00 bits per heavy atom. The fraction of sp³-hybridized carbons (Fsp3) is 0.176. The van der Waals surface area contributed by atoms with Crippen LogP contribution in [0.4, 0.5) is 13.6 Å². The molecule has 0 aliphatic rings. The molecule has 152 valence electrons. The second kappa shape index (κ2) is 8.09. The summed E-state index contributed by atoms with van der Waals surface area (Å²) >= 11 is 2.25. The van der Waals surface area contributed by atoms with Gasteiger partial charge in [-0.1, -0.05) is 0 Å². The van der Waals surface area contributed by atoms with Crippen LogP contribution in [-0.4, -0.2) is 39.4 Å². The first-order valence-electron chi connectivity index (χ1n) is 7.91. The van der Waals surface area contributed by atoms with Gasteiger partial charge in [0.2, 0.25) is 0 Å². The number of carbonyl (C=O) groups excluding carboxylic acids is 1. The number of benzene rings is 1. The number of nitrogens with one attached hydrogen (secondary N) is 1. The number of nitrogens with zero attached hydrogens (tertiary/aromatic N) is 2. The number of ether oxygens (including phenoxy) is 1. The van der Waals surface area contributed by atoms with Crippen molar-refractivity contribution in [2.24, 2.45) is 0 Å². The Balaban J connectivity index is 1.94. The third-order valence-corrected chi connectivity index (χ3v) is 5.83. The van der Waals surface area contributed by atoms with Crippen LogP contribution in [0.3, 0.4) is 0 Å². The number of carboxylic acid groups (broad SMARTS) is 1. The Hall–Kier alpha value is -3.12. The summed E-state index contributed by atoms with van der Waals surface area (Å²) in [4.78, 5) is 31.4. The van der Waals surface area contributed by atoms with Crippen LogP contribution in [-0.2, 0) is 11.3 Å². The smallest absolute Gasteiger partial charge is 0.407 e. The first-order chi connectivity index (χ1) is 13.7. The zero-order chi connectivity index (χ0) is 21.3. The molecule has 29 heavy (non-hydrogen) atoms. The van der Waals surface area contributed by atoms with E-state index in [2.05, 4.69) is 20.0 Å². The summed E-state index contributed by atoms with van der Waals surface area (Å²) < 4.78 is 32.9. The number of hydrogen-bond donors (Lipinski definition) is 3. The molecule has 12 heteroatoms. The number of methoxy groups -OCH3 is 1. The molecule has 3 N–H and O–H groups in total. The van der Waals surface area contributed by atoms with Crippen LogP contribution in [0.5, 0.6) is 5.75 Å². The van der Waals surface area contributed by atoms with Gasteiger partial charge in [0.15, 0.2) is 11.6 Å². The van der Waals surface area contributed by atoms with Gasteiger partial charge in [0.25, 0.3) is 0 Å². The predicted octanol–water partition coefficient (Wildman–Crippen LogP) is 3.78. The van der Waals surface area contributed by atoms with Crippen molar-refractivity contribution in [3.8, 4) is 26.9 Å². The molecule has 0 saturated carbocycles. The standard InChI is InChI=1S/C17H13F2N3O5S2/c1-6-14(29-10(21-6)4-20-17(26)27-2)8-5-28-15(22-8)7-3-9(23)11(16(24)25)13(19)12(7)18/h3,5,23H,4H2,1-2H3,(H,20,26)(H,24,25). The number of amides is 1. The van der Waals surface area contributed by atoms with E-state index in [0.29, 0.717) is 21.3 Å². The predicted molar refractivity (Wildman–Crippen MR) is 101 cm³/mol. The molecule has 1 amide bonds. The summed E-state index contributed by atoms with van der Waals surface area (Å²) in [5.41, 5.74) is -0.407. The van der Waals surface area contributed by atoms with Crippen molar-refractivity contribution in [3.63, 3.8) is 0 Å². The second-order valence-corrected chi connectivity index (χ2v) is 7.60. The van der Waals surface area contributed by atoms with Crippen molar-refractivity contribution in [1.82, 2.24) is 15.3 Å². The highest BCUT2D eigenvalue weighted by molar-refractivity contribution is 7.16. The molecule has 1 aromatic carbocycles. The molecular weight excluding hydrogens is 428 g/mol. The lowest BCUT2D eigenvalue weighted by Crippen LogP contribution is -2.22.